The minimum absolute atomic E-state index is 0.0532. The van der Waals surface area contributed by atoms with Crippen LogP contribution in [0.25, 0.3) is 0 Å². The van der Waals surface area contributed by atoms with Crippen LogP contribution in [-0.2, 0) is 0 Å². The summed E-state index contributed by atoms with van der Waals surface area (Å²) in [4.78, 5) is 0. The van der Waals surface area contributed by atoms with Gasteiger partial charge < -0.3 is 5.73 Å². The summed E-state index contributed by atoms with van der Waals surface area (Å²) in [6, 6.07) is 0. The maximum atomic E-state index is 5.82. The van der Waals surface area contributed by atoms with E-state index in [2.05, 4.69) is 52.2 Å². The highest BCUT2D eigenvalue weighted by Crippen LogP contribution is 2.02. The topological polar surface area (TPSA) is 50.1 Å². The van der Waals surface area contributed by atoms with E-state index in [-0.39, 0.29) is 17.4 Å². The van der Waals surface area contributed by atoms with Crippen molar-refractivity contribution >= 4 is 0 Å². The highest BCUT2D eigenvalue weighted by Gasteiger charge is 2.18. The van der Waals surface area contributed by atoms with Crippen molar-refractivity contribution in [3.05, 3.63) is 0 Å². The molecule has 0 amide bonds. The first kappa shape index (κ1) is 11.9. The third-order valence-electron chi connectivity index (χ3n) is 1.18. The maximum Gasteiger partial charge on any atom is 0.110 e. The van der Waals surface area contributed by atoms with E-state index in [1.165, 1.54) is 0 Å². The third-order valence-corrected chi connectivity index (χ3v) is 1.18. The van der Waals surface area contributed by atoms with E-state index in [0.29, 0.717) is 0 Å². The van der Waals surface area contributed by atoms with E-state index < -0.39 is 0 Å². The molecular formula is C9H23N3. The molecule has 12 heavy (non-hydrogen) atoms. The molecule has 0 aromatic carbocycles. The normalized spacial score (nSPS) is 14.0. The second kappa shape index (κ2) is 3.73. The van der Waals surface area contributed by atoms with Gasteiger partial charge >= 0.3 is 0 Å². The predicted molar refractivity (Wildman–Crippen MR) is 53.8 cm³/mol. The van der Waals surface area contributed by atoms with Crippen molar-refractivity contribution in [2.75, 3.05) is 0 Å². The molecule has 0 aliphatic heterocycles. The first-order chi connectivity index (χ1) is 5.10. The van der Waals surface area contributed by atoms with Crippen LogP contribution in [0.3, 0.4) is 0 Å². The molecule has 0 aromatic rings. The van der Waals surface area contributed by atoms with Crippen molar-refractivity contribution < 1.29 is 0 Å². The number of nitrogens with two attached hydrogens (primary N) is 1. The zero-order chi connectivity index (χ0) is 9.99. The minimum Gasteiger partial charge on any atom is -0.304 e. The van der Waals surface area contributed by atoms with Crippen molar-refractivity contribution in [1.29, 1.82) is 0 Å². The van der Waals surface area contributed by atoms with Gasteiger partial charge in [-0.2, -0.15) is 0 Å². The summed E-state index contributed by atoms with van der Waals surface area (Å²) in [6.45, 7) is 12.6. The summed E-state index contributed by atoms with van der Waals surface area (Å²) in [6.07, 6.45) is -0.148. The molecule has 0 saturated heterocycles. The second-order valence-corrected chi connectivity index (χ2v) is 5.27. The van der Waals surface area contributed by atoms with Crippen molar-refractivity contribution in [1.82, 2.24) is 10.6 Å². The van der Waals surface area contributed by atoms with Gasteiger partial charge in [-0.1, -0.05) is 0 Å². The van der Waals surface area contributed by atoms with Crippen LogP contribution in [0.4, 0.5) is 0 Å². The van der Waals surface area contributed by atoms with Crippen LogP contribution in [0.5, 0.6) is 0 Å². The van der Waals surface area contributed by atoms with Crippen LogP contribution in [0.1, 0.15) is 41.5 Å². The van der Waals surface area contributed by atoms with E-state index in [1.54, 1.807) is 0 Å². The molecule has 0 aliphatic carbocycles. The lowest BCUT2D eigenvalue weighted by atomic mass is 10.1. The van der Waals surface area contributed by atoms with Crippen LogP contribution in [0.2, 0.25) is 0 Å². The van der Waals surface area contributed by atoms with Crippen LogP contribution in [-0.4, -0.2) is 17.4 Å². The first-order valence-electron chi connectivity index (χ1n) is 4.41. The van der Waals surface area contributed by atoms with Gasteiger partial charge in [0.1, 0.15) is 6.29 Å². The molecule has 0 heterocycles. The summed E-state index contributed by atoms with van der Waals surface area (Å²) in [7, 11) is 0. The third kappa shape index (κ3) is 7.98. The fourth-order valence-corrected chi connectivity index (χ4v) is 0.969. The smallest absolute Gasteiger partial charge is 0.110 e. The molecule has 0 radical (unpaired) electrons. The lowest BCUT2D eigenvalue weighted by molar-refractivity contribution is 0.268. The molecule has 0 rings (SSSR count). The molecule has 0 bridgehead atoms. The molecule has 0 aliphatic rings. The molecule has 4 N–H and O–H groups in total. The zero-order valence-corrected chi connectivity index (χ0v) is 9.15. The highest BCUT2D eigenvalue weighted by molar-refractivity contribution is 4.78. The molecule has 0 unspecified atom stereocenters. The Labute approximate surface area is 76.1 Å². The van der Waals surface area contributed by atoms with Crippen molar-refractivity contribution in [2.24, 2.45) is 5.73 Å². The van der Waals surface area contributed by atoms with Gasteiger partial charge in [-0.05, 0) is 41.5 Å². The van der Waals surface area contributed by atoms with Gasteiger partial charge in [0, 0.05) is 11.1 Å². The van der Waals surface area contributed by atoms with Crippen molar-refractivity contribution in [2.45, 2.75) is 58.9 Å². The Morgan fingerprint density at radius 1 is 0.833 bits per heavy atom. The van der Waals surface area contributed by atoms with Gasteiger partial charge in [0.25, 0.3) is 0 Å². The van der Waals surface area contributed by atoms with Gasteiger partial charge in [0.15, 0.2) is 0 Å². The Balaban J connectivity index is 3.83. The number of nitrogens with one attached hydrogen (secondary N) is 2. The number of rotatable bonds is 2. The lowest BCUT2D eigenvalue weighted by Crippen LogP contribution is -2.60. The van der Waals surface area contributed by atoms with Crippen LogP contribution in [0, 0.1) is 0 Å². The monoisotopic (exact) mass is 173 g/mol. The largest absolute Gasteiger partial charge is 0.304 e. The quantitative estimate of drug-likeness (QED) is 0.546. The molecule has 74 valence electrons. The minimum atomic E-state index is -0.148. The molecule has 0 fully saturated rings. The van der Waals surface area contributed by atoms with Gasteiger partial charge in [0.2, 0.25) is 0 Å². The molecular weight excluding hydrogens is 150 g/mol. The summed E-state index contributed by atoms with van der Waals surface area (Å²) in [5, 5.41) is 6.48. The van der Waals surface area contributed by atoms with E-state index in [9.17, 15) is 0 Å². The molecule has 0 saturated carbocycles. The standard InChI is InChI=1S/C9H23N3/c1-8(2,3)11-7(10)12-9(4,5)6/h7,11-12H,10H2,1-6H3. The SMILES string of the molecule is CC(C)(C)NC(N)NC(C)(C)C. The van der Waals surface area contributed by atoms with E-state index in [0.717, 1.165) is 0 Å². The highest BCUT2D eigenvalue weighted by atomic mass is 15.3. The van der Waals surface area contributed by atoms with Gasteiger partial charge in [0.05, 0.1) is 0 Å². The Morgan fingerprint density at radius 2 is 1.08 bits per heavy atom. The van der Waals surface area contributed by atoms with Gasteiger partial charge in [-0.25, -0.2) is 0 Å². The Hall–Kier alpha value is -0.120. The average Bonchev–Trinajstić information content (AvgIpc) is 1.49. The molecule has 0 aromatic heterocycles. The van der Waals surface area contributed by atoms with Gasteiger partial charge in [-0.3, -0.25) is 10.6 Å². The molecule has 3 heteroatoms. The summed E-state index contributed by atoms with van der Waals surface area (Å²) in [5.41, 5.74) is 5.93. The second-order valence-electron chi connectivity index (χ2n) is 5.27. The Bertz CT molecular complexity index is 114. The van der Waals surface area contributed by atoms with Crippen molar-refractivity contribution in [3.8, 4) is 0 Å². The van der Waals surface area contributed by atoms with Crippen molar-refractivity contribution in [3.63, 3.8) is 0 Å². The van der Waals surface area contributed by atoms with E-state index in [4.69, 9.17) is 5.73 Å². The van der Waals surface area contributed by atoms with E-state index >= 15 is 0 Å². The number of hydrogen-bond acceptors (Lipinski definition) is 3. The maximum absolute atomic E-state index is 5.82. The Morgan fingerprint density at radius 3 is 1.25 bits per heavy atom. The zero-order valence-electron chi connectivity index (χ0n) is 9.15. The van der Waals surface area contributed by atoms with Gasteiger partial charge in [-0.15, -0.1) is 0 Å². The summed E-state index contributed by atoms with van der Waals surface area (Å²) in [5.74, 6) is 0. The predicted octanol–water partition coefficient (Wildman–Crippen LogP) is 1.00. The summed E-state index contributed by atoms with van der Waals surface area (Å²) < 4.78 is 0. The molecule has 0 atom stereocenters. The molecule has 3 nitrogen and oxygen atoms in total. The summed E-state index contributed by atoms with van der Waals surface area (Å²) >= 11 is 0. The first-order valence-corrected chi connectivity index (χ1v) is 4.41. The van der Waals surface area contributed by atoms with E-state index in [1.807, 2.05) is 0 Å². The Kier molecular flexibility index (Phi) is 3.69. The average molecular weight is 173 g/mol. The van der Waals surface area contributed by atoms with Crippen LogP contribution < -0.4 is 16.4 Å². The lowest BCUT2D eigenvalue weighted by Gasteiger charge is -2.31. The van der Waals surface area contributed by atoms with Crippen LogP contribution >= 0.6 is 0 Å². The molecule has 0 spiro atoms. The fraction of sp³-hybridized carbons (Fsp3) is 1.00. The fourth-order valence-electron chi connectivity index (χ4n) is 0.969. The number of hydrogen-bond donors (Lipinski definition) is 3. The van der Waals surface area contributed by atoms with Crippen LogP contribution in [0.15, 0.2) is 0 Å².